The Hall–Kier alpha value is -0.880. The molecule has 2 rings (SSSR count). The van der Waals surface area contributed by atoms with Crippen LogP contribution in [0.15, 0.2) is 17.6 Å². The number of thiophene rings is 1. The number of hydrogen-bond donors (Lipinski definition) is 1. The van der Waals surface area contributed by atoms with Gasteiger partial charge in [0.1, 0.15) is 0 Å². The Morgan fingerprint density at radius 1 is 1.58 bits per heavy atom. The number of nitrogens with two attached hydrogens (primary N) is 1. The number of hydrogen-bond acceptors (Lipinski definition) is 4. The van der Waals surface area contributed by atoms with Gasteiger partial charge in [-0.3, -0.25) is 4.68 Å². The topological polar surface area (TPSA) is 53.1 Å². The van der Waals surface area contributed by atoms with Crippen molar-refractivity contribution in [3.05, 3.63) is 38.8 Å². The minimum absolute atomic E-state index is 0.234. The Morgan fingerprint density at radius 2 is 2.37 bits per heavy atom. The summed E-state index contributed by atoms with van der Waals surface area (Å²) in [6, 6.07) is 1.88. The highest BCUT2D eigenvalue weighted by atomic mass is 35.5. The molecule has 0 fully saturated rings. The van der Waals surface area contributed by atoms with Crippen LogP contribution >= 0.6 is 22.9 Å². The molecule has 4 nitrogen and oxygen atoms in total. The molecule has 0 aliphatic heterocycles. The summed E-state index contributed by atoms with van der Waals surface area (Å²) in [5, 5.41) is 6.95. The van der Waals surface area contributed by atoms with Crippen LogP contribution in [0.3, 0.4) is 0 Å². The van der Waals surface area contributed by atoms with Gasteiger partial charge in [0.25, 0.3) is 0 Å². The summed E-state index contributed by atoms with van der Waals surface area (Å²) in [4.78, 5) is 1.16. The van der Waals surface area contributed by atoms with Gasteiger partial charge in [-0.1, -0.05) is 18.5 Å². The maximum Gasteiger partial charge on any atom is 0.0838 e. The van der Waals surface area contributed by atoms with E-state index >= 15 is 0 Å². The molecule has 0 amide bonds. The second-order valence-corrected chi connectivity index (χ2v) is 5.59. The number of nitrogens with zero attached hydrogens (tertiary/aromatic N) is 2. The van der Waals surface area contributed by atoms with Crippen molar-refractivity contribution in [1.82, 2.24) is 9.78 Å². The van der Waals surface area contributed by atoms with Crippen molar-refractivity contribution in [2.45, 2.75) is 25.9 Å². The van der Waals surface area contributed by atoms with Crippen LogP contribution in [-0.2, 0) is 17.7 Å². The molecule has 104 valence electrons. The summed E-state index contributed by atoms with van der Waals surface area (Å²) in [5.41, 5.74) is 8.51. The molecule has 0 bridgehead atoms. The molecule has 0 spiro atoms. The largest absolute Gasteiger partial charge is 0.383 e. The molecule has 0 aliphatic rings. The fraction of sp³-hybridized carbons (Fsp3) is 0.462. The van der Waals surface area contributed by atoms with Gasteiger partial charge < -0.3 is 10.5 Å². The maximum atomic E-state index is 6.38. The van der Waals surface area contributed by atoms with Gasteiger partial charge in [-0.25, -0.2) is 0 Å². The monoisotopic (exact) mass is 299 g/mol. The lowest BCUT2D eigenvalue weighted by Crippen LogP contribution is -2.19. The summed E-state index contributed by atoms with van der Waals surface area (Å²) in [6.07, 6.45) is 2.61. The van der Waals surface area contributed by atoms with Gasteiger partial charge in [0.2, 0.25) is 0 Å². The molecule has 1 unspecified atom stereocenters. The van der Waals surface area contributed by atoms with Gasteiger partial charge in [-0.05, 0) is 23.4 Å². The van der Waals surface area contributed by atoms with Crippen LogP contribution in [0, 0.1) is 0 Å². The first kappa shape index (κ1) is 14.5. The Balaban J connectivity index is 2.32. The lowest BCUT2D eigenvalue weighted by Gasteiger charge is -2.15. The Morgan fingerprint density at radius 3 is 3.05 bits per heavy atom. The second kappa shape index (κ2) is 6.52. The number of aryl methyl sites for hydroxylation is 1. The van der Waals surface area contributed by atoms with E-state index in [-0.39, 0.29) is 6.04 Å². The predicted molar refractivity (Wildman–Crippen MR) is 78.8 cm³/mol. The number of rotatable bonds is 6. The fourth-order valence-electron chi connectivity index (χ4n) is 2.07. The van der Waals surface area contributed by atoms with E-state index in [2.05, 4.69) is 23.5 Å². The maximum absolute atomic E-state index is 6.38. The van der Waals surface area contributed by atoms with E-state index in [0.717, 1.165) is 17.0 Å². The van der Waals surface area contributed by atoms with Crippen molar-refractivity contribution in [3.8, 4) is 0 Å². The van der Waals surface area contributed by atoms with Crippen LogP contribution in [0.2, 0.25) is 5.02 Å². The first-order chi connectivity index (χ1) is 9.19. The average molecular weight is 300 g/mol. The third-order valence-electron chi connectivity index (χ3n) is 3.08. The quantitative estimate of drug-likeness (QED) is 0.892. The highest BCUT2D eigenvalue weighted by molar-refractivity contribution is 7.10. The molecule has 2 aromatic rings. The van der Waals surface area contributed by atoms with Crippen LogP contribution in [0.25, 0.3) is 0 Å². The molecular formula is C13H18ClN3OS. The molecular weight excluding hydrogens is 282 g/mol. The van der Waals surface area contributed by atoms with Gasteiger partial charge >= 0.3 is 0 Å². The van der Waals surface area contributed by atoms with Crippen LogP contribution in [0.5, 0.6) is 0 Å². The zero-order valence-corrected chi connectivity index (χ0v) is 12.7. The van der Waals surface area contributed by atoms with Crippen LogP contribution < -0.4 is 5.73 Å². The molecule has 0 saturated heterocycles. The average Bonchev–Trinajstić information content (AvgIpc) is 3.02. The Kier molecular flexibility index (Phi) is 4.99. The Bertz CT molecular complexity index is 538. The molecule has 0 aliphatic carbocycles. The fourth-order valence-corrected chi connectivity index (χ4v) is 3.33. The molecule has 2 heterocycles. The van der Waals surface area contributed by atoms with Gasteiger partial charge in [0, 0.05) is 12.0 Å². The molecule has 0 aromatic carbocycles. The SMILES string of the molecule is CCc1ccsc1C(N)c1c(Cl)cnn1CCOC. The minimum atomic E-state index is -0.234. The number of halogens is 1. The van der Waals surface area contributed by atoms with Crippen LogP contribution in [-0.4, -0.2) is 23.5 Å². The predicted octanol–water partition coefficient (Wildman–Crippen LogP) is 2.85. The highest BCUT2D eigenvalue weighted by Crippen LogP contribution is 2.32. The number of methoxy groups -OCH3 is 1. The van der Waals surface area contributed by atoms with Crippen molar-refractivity contribution in [1.29, 1.82) is 0 Å². The van der Waals surface area contributed by atoms with Crippen molar-refractivity contribution in [2.75, 3.05) is 13.7 Å². The van der Waals surface area contributed by atoms with E-state index in [1.54, 1.807) is 24.6 Å². The highest BCUT2D eigenvalue weighted by Gasteiger charge is 2.21. The van der Waals surface area contributed by atoms with E-state index in [0.29, 0.717) is 18.2 Å². The number of ether oxygens (including phenoxy) is 1. The van der Waals surface area contributed by atoms with E-state index < -0.39 is 0 Å². The van der Waals surface area contributed by atoms with Crippen molar-refractivity contribution < 1.29 is 4.74 Å². The zero-order valence-electron chi connectivity index (χ0n) is 11.1. The van der Waals surface area contributed by atoms with E-state index in [1.807, 2.05) is 4.68 Å². The van der Waals surface area contributed by atoms with E-state index in [9.17, 15) is 0 Å². The summed E-state index contributed by atoms with van der Waals surface area (Å²) in [6.45, 7) is 3.37. The molecule has 6 heteroatoms. The lowest BCUT2D eigenvalue weighted by molar-refractivity contribution is 0.182. The summed E-state index contributed by atoms with van der Waals surface area (Å²) in [5.74, 6) is 0. The smallest absolute Gasteiger partial charge is 0.0838 e. The van der Waals surface area contributed by atoms with Crippen LogP contribution in [0.1, 0.15) is 29.1 Å². The summed E-state index contributed by atoms with van der Waals surface area (Å²) in [7, 11) is 1.67. The van der Waals surface area contributed by atoms with Gasteiger partial charge in [0.15, 0.2) is 0 Å². The zero-order chi connectivity index (χ0) is 13.8. The van der Waals surface area contributed by atoms with Crippen molar-refractivity contribution in [2.24, 2.45) is 5.73 Å². The second-order valence-electron chi connectivity index (χ2n) is 4.24. The molecule has 0 radical (unpaired) electrons. The summed E-state index contributed by atoms with van der Waals surface area (Å²) >= 11 is 7.90. The molecule has 2 N–H and O–H groups in total. The van der Waals surface area contributed by atoms with Crippen LogP contribution in [0.4, 0.5) is 0 Å². The summed E-state index contributed by atoms with van der Waals surface area (Å²) < 4.78 is 6.91. The van der Waals surface area contributed by atoms with Gasteiger partial charge in [-0.2, -0.15) is 5.10 Å². The first-order valence-corrected chi connectivity index (χ1v) is 7.46. The number of aromatic nitrogens is 2. The molecule has 19 heavy (non-hydrogen) atoms. The van der Waals surface area contributed by atoms with Crippen molar-refractivity contribution >= 4 is 22.9 Å². The molecule has 1 atom stereocenters. The standard InChI is InChI=1S/C13H18ClN3OS/c1-3-9-4-7-19-13(9)11(15)12-10(14)8-16-17(12)5-6-18-2/h4,7-8,11H,3,5-6,15H2,1-2H3. The molecule has 2 aromatic heterocycles. The lowest BCUT2D eigenvalue weighted by atomic mass is 10.1. The minimum Gasteiger partial charge on any atom is -0.383 e. The van der Waals surface area contributed by atoms with E-state index in [4.69, 9.17) is 22.1 Å². The van der Waals surface area contributed by atoms with Gasteiger partial charge in [-0.15, -0.1) is 11.3 Å². The normalized spacial score (nSPS) is 12.8. The van der Waals surface area contributed by atoms with Crippen molar-refractivity contribution in [3.63, 3.8) is 0 Å². The third kappa shape index (κ3) is 3.00. The first-order valence-electron chi connectivity index (χ1n) is 6.21. The Labute approximate surface area is 122 Å². The van der Waals surface area contributed by atoms with Gasteiger partial charge in [0.05, 0.1) is 36.1 Å². The molecule has 0 saturated carbocycles. The van der Waals surface area contributed by atoms with E-state index in [1.165, 1.54) is 5.56 Å². The third-order valence-corrected chi connectivity index (χ3v) is 4.41.